The second-order valence-corrected chi connectivity index (χ2v) is 14.9. The zero-order valence-corrected chi connectivity index (χ0v) is 32.7. The predicted molar refractivity (Wildman–Crippen MR) is 202 cm³/mol. The van der Waals surface area contributed by atoms with Crippen molar-refractivity contribution in [2.24, 2.45) is 0 Å². The molecule has 0 aliphatic carbocycles. The number of likely N-dealkylation sites (N-methyl/N-ethyl adjacent to an activating group) is 1. The van der Waals surface area contributed by atoms with E-state index in [0.29, 0.717) is 36.8 Å². The molecule has 0 spiro atoms. The van der Waals surface area contributed by atoms with Crippen molar-refractivity contribution in [1.82, 2.24) is 10.6 Å². The highest BCUT2D eigenvalue weighted by molar-refractivity contribution is 5.75. The number of nitrogens with one attached hydrogen (secondary N) is 2. The second kappa shape index (κ2) is 32.4. The first kappa shape index (κ1) is 47.5. The topological polar surface area (TPSA) is 131 Å². The summed E-state index contributed by atoms with van der Waals surface area (Å²) in [5.41, 5.74) is 0. The van der Waals surface area contributed by atoms with Crippen LogP contribution in [0.1, 0.15) is 162 Å². The minimum absolute atomic E-state index is 0.0481. The number of esters is 2. The minimum atomic E-state index is -0.748. The maximum absolute atomic E-state index is 12.5. The molecule has 3 N–H and O–H groups in total. The highest BCUT2D eigenvalue weighted by atomic mass is 16.6. The van der Waals surface area contributed by atoms with Gasteiger partial charge in [0.25, 0.3) is 0 Å². The van der Waals surface area contributed by atoms with E-state index in [2.05, 4.69) is 23.6 Å². The van der Waals surface area contributed by atoms with Crippen LogP contribution < -0.4 is 10.6 Å². The van der Waals surface area contributed by atoms with Crippen molar-refractivity contribution in [3.63, 3.8) is 0 Å². The molecule has 0 bridgehead atoms. The van der Waals surface area contributed by atoms with Crippen LogP contribution in [0.2, 0.25) is 0 Å². The van der Waals surface area contributed by atoms with Crippen molar-refractivity contribution in [3.8, 4) is 0 Å². The molecule has 0 aliphatic rings. The van der Waals surface area contributed by atoms with Crippen molar-refractivity contribution in [1.29, 1.82) is 0 Å². The molecule has 2 atom stereocenters. The summed E-state index contributed by atoms with van der Waals surface area (Å²) < 4.78 is 11.6. The molecular weight excluding hydrogens is 634 g/mol. The number of carbonyl (C=O) groups excluding carboxylic acids is 4. The molecule has 292 valence electrons. The van der Waals surface area contributed by atoms with Gasteiger partial charge in [-0.15, -0.1) is 0 Å². The summed E-state index contributed by atoms with van der Waals surface area (Å²) in [4.78, 5) is 47.4. The van der Waals surface area contributed by atoms with Gasteiger partial charge in [-0.25, -0.2) is 0 Å². The number of aliphatic hydroxyl groups excluding tert-OH is 1. The van der Waals surface area contributed by atoms with Crippen LogP contribution in [0.4, 0.5) is 0 Å². The zero-order valence-electron chi connectivity index (χ0n) is 32.7. The first-order valence-corrected chi connectivity index (χ1v) is 19.9. The summed E-state index contributed by atoms with van der Waals surface area (Å²) in [6, 6.07) is 0. The fraction of sp³-hybridized carbons (Fsp3) is 0.850. The zero-order chi connectivity index (χ0) is 37.3. The van der Waals surface area contributed by atoms with Crippen LogP contribution in [0.25, 0.3) is 0 Å². The highest BCUT2D eigenvalue weighted by Crippen LogP contribution is 2.16. The Balaban J connectivity index is 3.93. The number of hydrogen-bond acceptors (Lipinski definition) is 7. The number of ether oxygens (including phenoxy) is 2. The average Bonchev–Trinajstić information content (AvgIpc) is 3.04. The normalized spacial score (nSPS) is 12.8. The van der Waals surface area contributed by atoms with E-state index in [1.54, 1.807) is 6.92 Å². The third-order valence-corrected chi connectivity index (χ3v) is 8.71. The third-order valence-electron chi connectivity index (χ3n) is 8.71. The second-order valence-electron chi connectivity index (χ2n) is 14.9. The van der Waals surface area contributed by atoms with E-state index in [4.69, 9.17) is 9.47 Å². The molecule has 0 aromatic rings. The average molecular weight is 711 g/mol. The molecule has 0 saturated heterocycles. The quantitative estimate of drug-likeness (QED) is 0.0276. The number of amides is 2. The number of unbranched alkanes of at least 4 members (excludes halogenated alkanes) is 14. The Morgan fingerprint density at radius 3 is 1.88 bits per heavy atom. The number of rotatable bonds is 34. The summed E-state index contributed by atoms with van der Waals surface area (Å²) >= 11 is 0. The van der Waals surface area contributed by atoms with Crippen LogP contribution in [0, 0.1) is 0 Å². The van der Waals surface area contributed by atoms with Crippen LogP contribution in [-0.2, 0) is 28.7 Å². The Morgan fingerprint density at radius 1 is 0.680 bits per heavy atom. The van der Waals surface area contributed by atoms with Crippen LogP contribution >= 0.6 is 0 Å². The summed E-state index contributed by atoms with van der Waals surface area (Å²) in [5.74, 6) is -0.466. The molecule has 10 nitrogen and oxygen atoms in total. The van der Waals surface area contributed by atoms with E-state index in [0.717, 1.165) is 96.7 Å². The molecule has 0 radical (unpaired) electrons. The summed E-state index contributed by atoms with van der Waals surface area (Å²) in [6.07, 6.45) is 23.7. The lowest BCUT2D eigenvalue weighted by atomic mass is 10.0. The molecule has 10 heteroatoms. The Labute approximate surface area is 305 Å². The van der Waals surface area contributed by atoms with E-state index in [9.17, 15) is 24.3 Å². The summed E-state index contributed by atoms with van der Waals surface area (Å²) in [7, 11) is 6.11. The molecule has 0 aromatic heterocycles. The molecule has 50 heavy (non-hydrogen) atoms. The lowest BCUT2D eigenvalue weighted by Crippen LogP contribution is -2.38. The number of nitrogens with zero attached hydrogens (tertiary/aromatic N) is 1. The number of carbonyl (C=O) groups is 4. The van der Waals surface area contributed by atoms with Gasteiger partial charge in [-0.2, -0.15) is 0 Å². The predicted octanol–water partition coefficient (Wildman–Crippen LogP) is 7.31. The molecule has 0 heterocycles. The number of allylic oxidation sites excluding steroid dienone is 1. The molecule has 0 saturated carbocycles. The van der Waals surface area contributed by atoms with E-state index in [1.165, 1.54) is 32.1 Å². The Hall–Kier alpha value is -2.46. The number of aliphatic hydroxyl groups is 1. The van der Waals surface area contributed by atoms with E-state index < -0.39 is 12.2 Å². The SMILES string of the molecule is CCCCCC(OC(=O)CCCC(=O)OCC[N+](C)(C)C)C(O)CC=CCCCCCCCC(=O)NCCCCCCCCCCNC(C)=O. The lowest BCUT2D eigenvalue weighted by molar-refractivity contribution is -0.870. The van der Waals surface area contributed by atoms with Gasteiger partial charge >= 0.3 is 11.9 Å². The van der Waals surface area contributed by atoms with E-state index >= 15 is 0 Å². The minimum Gasteiger partial charge on any atom is -0.460 e. The number of hydrogen-bond donors (Lipinski definition) is 3. The van der Waals surface area contributed by atoms with Gasteiger partial charge in [-0.1, -0.05) is 89.7 Å². The summed E-state index contributed by atoms with van der Waals surface area (Å²) in [5, 5.41) is 16.7. The van der Waals surface area contributed by atoms with Gasteiger partial charge in [0.05, 0.1) is 27.2 Å². The Morgan fingerprint density at radius 2 is 1.26 bits per heavy atom. The molecule has 2 amide bonds. The molecule has 0 aliphatic heterocycles. The highest BCUT2D eigenvalue weighted by Gasteiger charge is 2.22. The molecule has 0 rings (SSSR count). The van der Waals surface area contributed by atoms with E-state index in [1.807, 2.05) is 27.2 Å². The third kappa shape index (κ3) is 34.0. The van der Waals surface area contributed by atoms with Crippen LogP contribution in [0.5, 0.6) is 0 Å². The van der Waals surface area contributed by atoms with Gasteiger partial charge < -0.3 is 29.7 Å². The molecule has 2 unspecified atom stereocenters. The molecular formula is C40H76N3O7+. The van der Waals surface area contributed by atoms with E-state index in [-0.39, 0.29) is 36.6 Å². The Bertz CT molecular complexity index is 904. The van der Waals surface area contributed by atoms with Crippen molar-refractivity contribution in [3.05, 3.63) is 12.2 Å². The first-order valence-electron chi connectivity index (χ1n) is 19.9. The van der Waals surface area contributed by atoms with Crippen molar-refractivity contribution < 1.29 is 38.2 Å². The Kier molecular flexibility index (Phi) is 30.9. The monoisotopic (exact) mass is 711 g/mol. The standard InChI is InChI=1S/C40H75N3O7/c1-6-7-20-27-37(50-40(48)30-25-29-39(47)49-34-33-43(3,4)5)36(45)26-21-16-12-8-9-13-17-22-28-38(46)42-32-24-19-15-11-10-14-18-23-31-41-35(2)44/h16,21,36-37,45H,6-15,17-20,22-34H2,1-5H3,(H-,41,42,44,46)/p+1. The van der Waals surface area contributed by atoms with Gasteiger partial charge in [-0.05, 0) is 57.8 Å². The lowest BCUT2D eigenvalue weighted by Gasteiger charge is -2.23. The van der Waals surface area contributed by atoms with Crippen LogP contribution in [0.3, 0.4) is 0 Å². The maximum atomic E-state index is 12.5. The summed E-state index contributed by atoms with van der Waals surface area (Å²) in [6.45, 7) is 6.32. The largest absolute Gasteiger partial charge is 0.460 e. The molecule has 0 aromatic carbocycles. The smallest absolute Gasteiger partial charge is 0.306 e. The van der Waals surface area contributed by atoms with Gasteiger partial charge in [0, 0.05) is 39.3 Å². The maximum Gasteiger partial charge on any atom is 0.306 e. The van der Waals surface area contributed by atoms with Gasteiger partial charge in [0.1, 0.15) is 19.3 Å². The van der Waals surface area contributed by atoms with Crippen molar-refractivity contribution in [2.45, 2.75) is 174 Å². The van der Waals surface area contributed by atoms with Gasteiger partial charge in [-0.3, -0.25) is 19.2 Å². The van der Waals surface area contributed by atoms with Crippen molar-refractivity contribution >= 4 is 23.8 Å². The van der Waals surface area contributed by atoms with Gasteiger partial charge in [0.15, 0.2) is 0 Å². The van der Waals surface area contributed by atoms with Gasteiger partial charge in [0.2, 0.25) is 11.8 Å². The number of quaternary nitrogens is 1. The first-order chi connectivity index (χ1) is 23.9. The fourth-order valence-electron chi connectivity index (χ4n) is 5.51. The van der Waals surface area contributed by atoms with Crippen molar-refractivity contribution in [2.75, 3.05) is 47.4 Å². The molecule has 0 fully saturated rings. The van der Waals surface area contributed by atoms with Crippen LogP contribution in [0.15, 0.2) is 12.2 Å². The van der Waals surface area contributed by atoms with Crippen LogP contribution in [-0.4, -0.2) is 92.9 Å². The fourth-order valence-corrected chi connectivity index (χ4v) is 5.51.